The molecule has 3 aliphatic rings. The van der Waals surface area contributed by atoms with Crippen LogP contribution in [0.4, 0.5) is 0 Å². The van der Waals surface area contributed by atoms with Gasteiger partial charge in [0.1, 0.15) is 83.5 Å². The van der Waals surface area contributed by atoms with Gasteiger partial charge in [-0.3, -0.25) is 4.79 Å². The fourth-order valence-electron chi connectivity index (χ4n) is 6.18. The van der Waals surface area contributed by atoms with Crippen molar-refractivity contribution < 1.29 is 104 Å². The molecule has 302 valence electrons. The second-order valence-corrected chi connectivity index (χ2v) is 13.1. The SMILES string of the molecule is C[C@@H]1O[C@@H](OC[C@H]2O[C@@H](Oc3c(-c4ccc(O)c(O)c4)oc4cc(O[C@@H]5O[C@H](C(=O)O)[C@@H](O)[C@H](O)[C@H]5O)cc(O)c4c3=O)[C@H](O)[C@@H](O)[C@@H]2O)[C@H](O)[C@H](O)[C@H]1O. The molecule has 3 aliphatic heterocycles. The van der Waals surface area contributed by atoms with Crippen LogP contribution in [0.5, 0.6) is 28.7 Å². The summed E-state index contributed by atoms with van der Waals surface area (Å²) in [5.74, 6) is -5.65. The molecule has 0 amide bonds. The summed E-state index contributed by atoms with van der Waals surface area (Å²) in [5, 5.41) is 133. The first-order valence-corrected chi connectivity index (χ1v) is 16.5. The number of aromatic hydroxyl groups is 3. The lowest BCUT2D eigenvalue weighted by atomic mass is 9.98. The normalized spacial score (nSPS) is 36.7. The summed E-state index contributed by atoms with van der Waals surface area (Å²) in [6.07, 6.45) is -27.0. The van der Waals surface area contributed by atoms with Crippen molar-refractivity contribution in [3.05, 3.63) is 40.6 Å². The van der Waals surface area contributed by atoms with E-state index in [0.717, 1.165) is 30.3 Å². The minimum Gasteiger partial charge on any atom is -0.507 e. The Bertz CT molecular complexity index is 1940. The number of rotatable bonds is 9. The second-order valence-electron chi connectivity index (χ2n) is 13.1. The van der Waals surface area contributed by atoms with Gasteiger partial charge in [0.05, 0.1) is 12.7 Å². The van der Waals surface area contributed by atoms with E-state index in [9.17, 15) is 76.0 Å². The monoisotopic (exact) mass is 786 g/mol. The molecule has 3 aromatic rings. The number of carboxylic acid groups (broad SMARTS) is 1. The van der Waals surface area contributed by atoms with E-state index in [-0.39, 0.29) is 5.56 Å². The smallest absolute Gasteiger partial charge is 0.335 e. The molecule has 6 rings (SSSR count). The van der Waals surface area contributed by atoms with Gasteiger partial charge < -0.3 is 99.2 Å². The molecule has 0 saturated carbocycles. The Balaban J connectivity index is 1.34. The van der Waals surface area contributed by atoms with E-state index < -0.39 is 156 Å². The van der Waals surface area contributed by atoms with Crippen molar-refractivity contribution in [2.45, 2.75) is 99.0 Å². The van der Waals surface area contributed by atoms with Crippen molar-refractivity contribution in [3.63, 3.8) is 0 Å². The topological polar surface area (TPSA) is 366 Å². The van der Waals surface area contributed by atoms with Gasteiger partial charge in [-0.25, -0.2) is 4.79 Å². The van der Waals surface area contributed by atoms with E-state index in [4.69, 9.17) is 32.8 Å². The number of ether oxygens (including phenoxy) is 6. The van der Waals surface area contributed by atoms with Gasteiger partial charge in [0.2, 0.25) is 23.8 Å². The summed E-state index contributed by atoms with van der Waals surface area (Å²) in [4.78, 5) is 25.6. The Morgan fingerprint density at radius 2 is 1.29 bits per heavy atom. The van der Waals surface area contributed by atoms with Crippen molar-refractivity contribution in [1.82, 2.24) is 0 Å². The molecule has 0 aliphatic carbocycles. The predicted octanol–water partition coefficient (Wildman–Crippen LogP) is -4.12. The van der Waals surface area contributed by atoms with Gasteiger partial charge in [-0.1, -0.05) is 0 Å². The molecule has 0 radical (unpaired) electrons. The van der Waals surface area contributed by atoms with Crippen molar-refractivity contribution in [3.8, 4) is 40.1 Å². The summed E-state index contributed by atoms with van der Waals surface area (Å²) in [6, 6.07) is 4.90. The van der Waals surface area contributed by atoms with Crippen LogP contribution in [-0.4, -0.2) is 171 Å². The van der Waals surface area contributed by atoms with Crippen LogP contribution < -0.4 is 14.9 Å². The van der Waals surface area contributed by atoms with Gasteiger partial charge in [-0.2, -0.15) is 0 Å². The van der Waals surface area contributed by atoms with Gasteiger partial charge in [0.25, 0.3) is 0 Å². The van der Waals surface area contributed by atoms with E-state index in [1.54, 1.807) is 0 Å². The zero-order valence-corrected chi connectivity index (χ0v) is 28.2. The number of phenolic OH excluding ortho intramolecular Hbond substituents is 3. The molecule has 55 heavy (non-hydrogen) atoms. The molecule has 0 spiro atoms. The Morgan fingerprint density at radius 1 is 0.673 bits per heavy atom. The van der Waals surface area contributed by atoms with Crippen LogP contribution in [0.25, 0.3) is 22.3 Å². The minimum absolute atomic E-state index is 0.161. The molecule has 22 nitrogen and oxygen atoms in total. The third kappa shape index (κ3) is 7.60. The number of hydrogen-bond acceptors (Lipinski definition) is 21. The Hall–Kier alpha value is -4.40. The van der Waals surface area contributed by atoms with E-state index >= 15 is 0 Å². The first kappa shape index (κ1) is 40.3. The Labute approximate surface area is 307 Å². The van der Waals surface area contributed by atoms with Gasteiger partial charge >= 0.3 is 5.97 Å². The number of benzene rings is 2. The maximum Gasteiger partial charge on any atom is 0.335 e. The summed E-state index contributed by atoms with van der Waals surface area (Å²) in [7, 11) is 0. The average molecular weight is 787 g/mol. The van der Waals surface area contributed by atoms with E-state index in [1.807, 2.05) is 0 Å². The van der Waals surface area contributed by atoms with Crippen LogP contribution in [-0.2, 0) is 23.7 Å². The third-order valence-electron chi connectivity index (χ3n) is 9.34. The molecule has 13 N–H and O–H groups in total. The molecule has 15 atom stereocenters. The third-order valence-corrected chi connectivity index (χ3v) is 9.34. The number of aliphatic carboxylic acids is 1. The van der Waals surface area contributed by atoms with Crippen LogP contribution in [0.2, 0.25) is 0 Å². The number of hydrogen-bond donors (Lipinski definition) is 13. The first-order chi connectivity index (χ1) is 25.9. The van der Waals surface area contributed by atoms with Crippen LogP contribution in [0.15, 0.2) is 39.5 Å². The number of fused-ring (bicyclic) bond motifs is 1. The molecular formula is C33H38O22. The van der Waals surface area contributed by atoms with Gasteiger partial charge in [0.15, 0.2) is 29.7 Å². The van der Waals surface area contributed by atoms with Gasteiger partial charge in [0, 0.05) is 17.7 Å². The van der Waals surface area contributed by atoms with Crippen LogP contribution in [0.3, 0.4) is 0 Å². The van der Waals surface area contributed by atoms with Crippen molar-refractivity contribution in [1.29, 1.82) is 0 Å². The highest BCUT2D eigenvalue weighted by molar-refractivity contribution is 5.88. The summed E-state index contributed by atoms with van der Waals surface area (Å²) in [6.45, 7) is 0.709. The highest BCUT2D eigenvalue weighted by atomic mass is 16.7. The van der Waals surface area contributed by atoms with Crippen LogP contribution in [0, 0.1) is 0 Å². The lowest BCUT2D eigenvalue weighted by Gasteiger charge is -2.42. The minimum atomic E-state index is -2.08. The zero-order valence-electron chi connectivity index (χ0n) is 28.2. The van der Waals surface area contributed by atoms with Crippen molar-refractivity contribution >= 4 is 16.9 Å². The predicted molar refractivity (Wildman–Crippen MR) is 173 cm³/mol. The average Bonchev–Trinajstić information content (AvgIpc) is 3.14. The lowest BCUT2D eigenvalue weighted by molar-refractivity contribution is -0.318. The molecule has 0 unspecified atom stereocenters. The van der Waals surface area contributed by atoms with Gasteiger partial charge in [-0.05, 0) is 25.1 Å². The van der Waals surface area contributed by atoms with Crippen molar-refractivity contribution in [2.24, 2.45) is 0 Å². The van der Waals surface area contributed by atoms with Gasteiger partial charge in [-0.15, -0.1) is 0 Å². The molecule has 1 aromatic heterocycles. The number of aliphatic hydroxyl groups excluding tert-OH is 9. The molecule has 4 heterocycles. The summed E-state index contributed by atoms with van der Waals surface area (Å²) < 4.78 is 38.7. The number of carboxylic acids is 1. The molecule has 3 saturated heterocycles. The molecule has 0 bridgehead atoms. The lowest BCUT2D eigenvalue weighted by Crippen LogP contribution is -2.61. The second kappa shape index (κ2) is 15.6. The van der Waals surface area contributed by atoms with Crippen LogP contribution in [0.1, 0.15) is 6.92 Å². The zero-order chi connectivity index (χ0) is 40.2. The quantitative estimate of drug-likeness (QED) is 0.0916. The maximum absolute atomic E-state index is 14.1. The highest BCUT2D eigenvalue weighted by Crippen LogP contribution is 2.40. The fourth-order valence-corrected chi connectivity index (χ4v) is 6.18. The summed E-state index contributed by atoms with van der Waals surface area (Å²) >= 11 is 0. The molecule has 3 fully saturated rings. The fraction of sp³-hybridized carbons (Fsp3) is 0.515. The van der Waals surface area contributed by atoms with E-state index in [1.165, 1.54) is 6.92 Å². The molecule has 22 heteroatoms. The largest absolute Gasteiger partial charge is 0.507 e. The number of aliphatic hydroxyl groups is 9. The number of carbonyl (C=O) groups is 1. The standard InChI is InChI=1S/C33H38O22/c1-8-17(37)20(40)24(44)31(50-8)49-7-15-18(38)21(41)25(45)33(53-15)54-28-19(39)16-13(36)5-10(51-32-26(46)22(42)23(43)29(55-32)30(47)48)6-14(16)52-27(28)9-2-3-11(34)12(35)4-9/h2-6,8,15,17-18,20-26,29,31-38,40-46H,7H2,1H3,(H,47,48)/t8-,15+,17-,18+,20+,21-,22-,23-,24+,25+,26+,29-,31+,32+,33-/m0/s1. The summed E-state index contributed by atoms with van der Waals surface area (Å²) in [5.41, 5.74) is -1.81. The van der Waals surface area contributed by atoms with E-state index in [2.05, 4.69) is 0 Å². The number of phenols is 3. The van der Waals surface area contributed by atoms with Crippen LogP contribution >= 0.6 is 0 Å². The first-order valence-electron chi connectivity index (χ1n) is 16.5. The maximum atomic E-state index is 14.1. The Kier molecular flexibility index (Phi) is 11.4. The van der Waals surface area contributed by atoms with E-state index in [0.29, 0.717) is 0 Å². The Morgan fingerprint density at radius 3 is 1.95 bits per heavy atom. The molecule has 2 aromatic carbocycles. The molecular weight excluding hydrogens is 748 g/mol. The van der Waals surface area contributed by atoms with Crippen molar-refractivity contribution in [2.75, 3.05) is 6.61 Å². The highest BCUT2D eigenvalue weighted by Gasteiger charge is 2.49.